The van der Waals surface area contributed by atoms with Crippen molar-refractivity contribution < 1.29 is 13.2 Å². The summed E-state index contributed by atoms with van der Waals surface area (Å²) in [5, 5.41) is 9.20. The van der Waals surface area contributed by atoms with Gasteiger partial charge in [0.1, 0.15) is 11.0 Å². The molecule has 0 atom stereocenters. The third-order valence-electron chi connectivity index (χ3n) is 5.91. The molecule has 168 valence electrons. The minimum absolute atomic E-state index is 0.0322. The van der Waals surface area contributed by atoms with Crippen LogP contribution in [-0.2, 0) is 10.0 Å². The van der Waals surface area contributed by atoms with E-state index in [4.69, 9.17) is 9.72 Å². The lowest BCUT2D eigenvalue weighted by molar-refractivity contribution is 0.435. The van der Waals surface area contributed by atoms with Crippen LogP contribution in [0.3, 0.4) is 0 Å². The van der Waals surface area contributed by atoms with E-state index in [0.717, 1.165) is 42.6 Å². The van der Waals surface area contributed by atoms with Crippen molar-refractivity contribution in [2.45, 2.75) is 49.3 Å². The van der Waals surface area contributed by atoms with E-state index in [1.807, 2.05) is 13.0 Å². The van der Waals surface area contributed by atoms with Crippen molar-refractivity contribution in [3.63, 3.8) is 0 Å². The average molecular weight is 462 g/mol. The summed E-state index contributed by atoms with van der Waals surface area (Å²) in [6.07, 6.45) is 7.42. The standard InChI is InChI=1S/C24H23N5O3S/c1-14-9-20(16-3-4-16)28-22(17-5-6-17)23(14)32-24-21(33(30,31)26-2)8-7-19(29-24)18-10-15(11-25)12-27-13-18/h7-10,12-13,16-17,26H,3-6H2,1-2H3. The topological polar surface area (TPSA) is 118 Å². The molecule has 3 aromatic heterocycles. The Labute approximate surface area is 192 Å². The molecule has 9 heteroatoms. The molecule has 0 saturated heterocycles. The first-order valence-corrected chi connectivity index (χ1v) is 12.4. The highest BCUT2D eigenvalue weighted by Gasteiger charge is 2.34. The van der Waals surface area contributed by atoms with Crippen LogP contribution >= 0.6 is 0 Å². The maximum atomic E-state index is 12.7. The molecule has 1 N–H and O–H groups in total. The number of hydrogen-bond donors (Lipinski definition) is 1. The van der Waals surface area contributed by atoms with Gasteiger partial charge in [0, 0.05) is 35.5 Å². The molecule has 5 rings (SSSR count). The van der Waals surface area contributed by atoms with Crippen LogP contribution in [-0.4, -0.2) is 30.4 Å². The van der Waals surface area contributed by atoms with Crippen molar-refractivity contribution >= 4 is 10.0 Å². The van der Waals surface area contributed by atoms with E-state index in [9.17, 15) is 13.7 Å². The fraction of sp³-hybridized carbons (Fsp3) is 0.333. The normalized spacial score (nSPS) is 15.8. The van der Waals surface area contributed by atoms with Gasteiger partial charge in [0.05, 0.1) is 17.0 Å². The van der Waals surface area contributed by atoms with E-state index in [-0.39, 0.29) is 10.8 Å². The van der Waals surface area contributed by atoms with Gasteiger partial charge in [-0.3, -0.25) is 9.97 Å². The molecule has 33 heavy (non-hydrogen) atoms. The number of nitriles is 1. The number of nitrogens with zero attached hydrogens (tertiary/aromatic N) is 4. The molecule has 0 aromatic carbocycles. The maximum Gasteiger partial charge on any atom is 0.245 e. The van der Waals surface area contributed by atoms with Gasteiger partial charge in [-0.15, -0.1) is 0 Å². The van der Waals surface area contributed by atoms with E-state index < -0.39 is 10.0 Å². The molecular formula is C24H23N5O3S. The number of pyridine rings is 3. The molecule has 2 fully saturated rings. The maximum absolute atomic E-state index is 12.7. The summed E-state index contributed by atoms with van der Waals surface area (Å²) >= 11 is 0. The summed E-state index contributed by atoms with van der Waals surface area (Å²) < 4.78 is 34.0. The molecule has 2 aliphatic rings. The molecule has 0 bridgehead atoms. The second-order valence-electron chi connectivity index (χ2n) is 8.51. The van der Waals surface area contributed by atoms with Crippen LogP contribution in [0.25, 0.3) is 11.3 Å². The fourth-order valence-electron chi connectivity index (χ4n) is 3.78. The van der Waals surface area contributed by atoms with Crippen LogP contribution in [0.15, 0.2) is 41.6 Å². The van der Waals surface area contributed by atoms with Gasteiger partial charge in [0.25, 0.3) is 0 Å². The Kier molecular flexibility index (Phi) is 5.35. The largest absolute Gasteiger partial charge is 0.435 e. The van der Waals surface area contributed by atoms with Gasteiger partial charge in [-0.05, 0) is 69.5 Å². The van der Waals surface area contributed by atoms with Gasteiger partial charge in [-0.25, -0.2) is 18.1 Å². The second kappa shape index (κ2) is 8.21. The zero-order chi connectivity index (χ0) is 23.2. The van der Waals surface area contributed by atoms with E-state index in [2.05, 4.69) is 20.8 Å². The highest BCUT2D eigenvalue weighted by atomic mass is 32.2. The zero-order valence-electron chi connectivity index (χ0n) is 18.4. The molecule has 0 aliphatic heterocycles. The molecule has 0 amide bonds. The number of rotatable bonds is 7. The first kappa shape index (κ1) is 21.5. The molecule has 3 heterocycles. The summed E-state index contributed by atoms with van der Waals surface area (Å²) in [6.45, 7) is 1.96. The number of aryl methyl sites for hydroxylation is 1. The smallest absolute Gasteiger partial charge is 0.245 e. The molecule has 2 aliphatic carbocycles. The summed E-state index contributed by atoms with van der Waals surface area (Å²) in [7, 11) is -2.48. The van der Waals surface area contributed by atoms with E-state index in [1.54, 1.807) is 18.3 Å². The minimum atomic E-state index is -3.83. The second-order valence-corrected chi connectivity index (χ2v) is 10.4. The first-order chi connectivity index (χ1) is 15.9. The quantitative estimate of drug-likeness (QED) is 0.561. The Hall–Kier alpha value is -3.35. The Morgan fingerprint density at radius 2 is 1.85 bits per heavy atom. The molecule has 0 spiro atoms. The zero-order valence-corrected chi connectivity index (χ0v) is 19.2. The van der Waals surface area contributed by atoms with Crippen LogP contribution in [0.1, 0.15) is 60.0 Å². The van der Waals surface area contributed by atoms with Crippen molar-refractivity contribution in [3.8, 4) is 29.0 Å². The number of aromatic nitrogens is 3. The van der Waals surface area contributed by atoms with Gasteiger partial charge in [0.2, 0.25) is 15.9 Å². The molecule has 3 aromatic rings. The summed E-state index contributed by atoms with van der Waals surface area (Å²) in [4.78, 5) is 13.5. The SMILES string of the molecule is CNS(=O)(=O)c1ccc(-c2cncc(C#N)c2)nc1Oc1c(C)cc(C2CC2)nc1C1CC1. The number of nitrogens with one attached hydrogen (secondary N) is 1. The van der Waals surface area contributed by atoms with Gasteiger partial charge < -0.3 is 4.74 Å². The van der Waals surface area contributed by atoms with Gasteiger partial charge in [-0.1, -0.05) is 0 Å². The Balaban J connectivity index is 1.63. The van der Waals surface area contributed by atoms with Crippen molar-refractivity contribution in [1.29, 1.82) is 5.26 Å². The van der Waals surface area contributed by atoms with E-state index in [1.165, 1.54) is 19.3 Å². The number of sulfonamides is 1. The average Bonchev–Trinajstić information content (AvgIpc) is 3.73. The van der Waals surface area contributed by atoms with Crippen LogP contribution < -0.4 is 9.46 Å². The number of ether oxygens (including phenoxy) is 1. The Morgan fingerprint density at radius 1 is 1.09 bits per heavy atom. The molecule has 0 radical (unpaired) electrons. The van der Waals surface area contributed by atoms with Crippen LogP contribution in [0.2, 0.25) is 0 Å². The summed E-state index contributed by atoms with van der Waals surface area (Å²) in [5.74, 6) is 1.37. The predicted molar refractivity (Wildman–Crippen MR) is 121 cm³/mol. The highest BCUT2D eigenvalue weighted by Crippen LogP contribution is 2.48. The van der Waals surface area contributed by atoms with Gasteiger partial charge in [0.15, 0.2) is 5.75 Å². The lowest BCUT2D eigenvalue weighted by Crippen LogP contribution is -2.20. The predicted octanol–water partition coefficient (Wildman–Crippen LogP) is 4.17. The van der Waals surface area contributed by atoms with Gasteiger partial charge in [-0.2, -0.15) is 5.26 Å². The molecule has 0 unspecified atom stereocenters. The third kappa shape index (κ3) is 4.32. The Bertz CT molecular complexity index is 1390. The van der Waals surface area contributed by atoms with Crippen molar-refractivity contribution in [3.05, 3.63) is 59.2 Å². The summed E-state index contributed by atoms with van der Waals surface area (Å²) in [5.41, 5.74) is 4.32. The fourth-order valence-corrected chi connectivity index (χ4v) is 4.56. The lowest BCUT2D eigenvalue weighted by atomic mass is 10.1. The van der Waals surface area contributed by atoms with E-state index in [0.29, 0.717) is 34.4 Å². The first-order valence-electron chi connectivity index (χ1n) is 10.9. The van der Waals surface area contributed by atoms with E-state index >= 15 is 0 Å². The van der Waals surface area contributed by atoms with Crippen LogP contribution in [0.5, 0.6) is 11.6 Å². The molecular weight excluding hydrogens is 438 g/mol. The molecule has 2 saturated carbocycles. The van der Waals surface area contributed by atoms with Crippen molar-refractivity contribution in [2.24, 2.45) is 0 Å². The highest BCUT2D eigenvalue weighted by molar-refractivity contribution is 7.89. The van der Waals surface area contributed by atoms with Crippen LogP contribution in [0.4, 0.5) is 0 Å². The van der Waals surface area contributed by atoms with Gasteiger partial charge >= 0.3 is 0 Å². The van der Waals surface area contributed by atoms with Crippen LogP contribution in [0, 0.1) is 18.3 Å². The van der Waals surface area contributed by atoms with Crippen molar-refractivity contribution in [1.82, 2.24) is 19.7 Å². The monoisotopic (exact) mass is 461 g/mol. The minimum Gasteiger partial charge on any atom is -0.435 e. The molecule has 8 nitrogen and oxygen atoms in total. The lowest BCUT2D eigenvalue weighted by Gasteiger charge is -2.17. The number of hydrogen-bond acceptors (Lipinski definition) is 7. The summed E-state index contributed by atoms with van der Waals surface area (Å²) in [6, 6.07) is 8.78. The van der Waals surface area contributed by atoms with Crippen molar-refractivity contribution in [2.75, 3.05) is 7.05 Å². The third-order valence-corrected chi connectivity index (χ3v) is 7.34. The Morgan fingerprint density at radius 3 is 2.52 bits per heavy atom.